The molecule has 0 saturated carbocycles. The second kappa shape index (κ2) is 8.92. The minimum atomic E-state index is -3.62. The molecule has 31 heavy (non-hydrogen) atoms. The number of thiazole rings is 1. The van der Waals surface area contributed by atoms with Gasteiger partial charge in [0.15, 0.2) is 15.0 Å². The molecule has 1 saturated heterocycles. The van der Waals surface area contributed by atoms with Gasteiger partial charge in [-0.2, -0.15) is 0 Å². The van der Waals surface area contributed by atoms with E-state index in [2.05, 4.69) is 30.0 Å². The number of carbonyl (C=O) groups excluding carboxylic acids is 1. The number of hydrogen-bond donors (Lipinski definition) is 0. The van der Waals surface area contributed by atoms with E-state index in [1.54, 1.807) is 16.2 Å². The Labute approximate surface area is 185 Å². The van der Waals surface area contributed by atoms with Crippen molar-refractivity contribution in [1.29, 1.82) is 0 Å². The Bertz CT molecular complexity index is 1180. The third kappa shape index (κ3) is 4.88. The van der Waals surface area contributed by atoms with Crippen LogP contribution in [0.2, 0.25) is 0 Å². The van der Waals surface area contributed by atoms with Crippen LogP contribution in [0, 0.1) is 5.82 Å². The Balaban J connectivity index is 1.33. The van der Waals surface area contributed by atoms with E-state index in [1.165, 1.54) is 22.4 Å². The highest BCUT2D eigenvalue weighted by Crippen LogP contribution is 2.30. The minimum Gasteiger partial charge on any atom is -0.345 e. The number of piperazine rings is 1. The summed E-state index contributed by atoms with van der Waals surface area (Å²) in [6, 6.07) is 11.0. The van der Waals surface area contributed by atoms with Crippen LogP contribution in [-0.4, -0.2) is 56.1 Å². The van der Waals surface area contributed by atoms with Crippen LogP contribution < -0.4 is 4.90 Å². The van der Waals surface area contributed by atoms with Gasteiger partial charge in [-0.25, -0.2) is 17.8 Å². The van der Waals surface area contributed by atoms with Gasteiger partial charge in [-0.05, 0) is 48.4 Å². The molecule has 2 heterocycles. The smallest absolute Gasteiger partial charge is 0.223 e. The lowest BCUT2D eigenvalue weighted by atomic mass is 10.2. The van der Waals surface area contributed by atoms with E-state index in [4.69, 9.17) is 4.98 Å². The fourth-order valence-corrected chi connectivity index (χ4v) is 5.91. The predicted molar refractivity (Wildman–Crippen MR) is 121 cm³/mol. The fraction of sp³-hybridized carbons (Fsp3) is 0.364. The first-order valence-electron chi connectivity index (χ1n) is 10.3. The van der Waals surface area contributed by atoms with Crippen LogP contribution in [-0.2, 0) is 21.1 Å². The zero-order chi connectivity index (χ0) is 22.0. The molecular formula is C22H24FN3O3S2. The third-order valence-electron chi connectivity index (χ3n) is 5.51. The largest absolute Gasteiger partial charge is 0.345 e. The third-order valence-corrected chi connectivity index (χ3v) is 8.32. The van der Waals surface area contributed by atoms with Crippen molar-refractivity contribution < 1.29 is 17.6 Å². The normalized spacial score (nSPS) is 14.9. The quantitative estimate of drug-likeness (QED) is 0.526. The first-order chi connectivity index (χ1) is 14.9. The van der Waals surface area contributed by atoms with Gasteiger partial charge in [0.05, 0.1) is 20.9 Å². The number of benzene rings is 2. The van der Waals surface area contributed by atoms with Crippen LogP contribution in [0.25, 0.3) is 10.2 Å². The van der Waals surface area contributed by atoms with E-state index < -0.39 is 15.7 Å². The number of sulfone groups is 1. The van der Waals surface area contributed by atoms with Gasteiger partial charge in [0.2, 0.25) is 5.91 Å². The summed E-state index contributed by atoms with van der Waals surface area (Å²) in [4.78, 5) is 21.2. The van der Waals surface area contributed by atoms with Gasteiger partial charge in [-0.1, -0.05) is 24.3 Å². The van der Waals surface area contributed by atoms with Gasteiger partial charge in [0.1, 0.15) is 5.82 Å². The number of halogens is 1. The van der Waals surface area contributed by atoms with Crippen molar-refractivity contribution >= 4 is 42.4 Å². The number of amides is 1. The van der Waals surface area contributed by atoms with Crippen LogP contribution in [0.3, 0.4) is 0 Å². The summed E-state index contributed by atoms with van der Waals surface area (Å²) in [6.07, 6.45) is 0.904. The van der Waals surface area contributed by atoms with E-state index in [-0.39, 0.29) is 23.0 Å². The molecule has 6 nitrogen and oxygen atoms in total. The molecule has 1 amide bonds. The minimum absolute atomic E-state index is 0.0357. The molecule has 1 fully saturated rings. The van der Waals surface area contributed by atoms with E-state index >= 15 is 0 Å². The molecule has 1 aliphatic heterocycles. The number of nitrogens with zero attached hydrogens (tertiary/aromatic N) is 3. The predicted octanol–water partition coefficient (Wildman–Crippen LogP) is 3.51. The van der Waals surface area contributed by atoms with Gasteiger partial charge >= 0.3 is 0 Å². The van der Waals surface area contributed by atoms with Crippen molar-refractivity contribution in [3.05, 3.63) is 53.8 Å². The van der Waals surface area contributed by atoms with Gasteiger partial charge in [-0.15, -0.1) is 0 Å². The summed E-state index contributed by atoms with van der Waals surface area (Å²) in [5.74, 6) is -0.955. The van der Waals surface area contributed by atoms with Crippen molar-refractivity contribution in [2.75, 3.05) is 36.8 Å². The highest BCUT2D eigenvalue weighted by molar-refractivity contribution is 7.91. The SMILES string of the molecule is CCc1ccc2nc(N3CCN(C(=O)CCS(=O)(=O)c4ccc(F)cc4)CC3)sc2c1. The van der Waals surface area contributed by atoms with Gasteiger partial charge in [-0.3, -0.25) is 4.79 Å². The summed E-state index contributed by atoms with van der Waals surface area (Å²) in [5.41, 5.74) is 2.27. The van der Waals surface area contributed by atoms with E-state index in [0.717, 1.165) is 29.2 Å². The molecule has 0 spiro atoms. The van der Waals surface area contributed by atoms with E-state index in [9.17, 15) is 17.6 Å². The molecule has 4 rings (SSSR count). The van der Waals surface area contributed by atoms with E-state index in [1.807, 2.05) is 0 Å². The second-order valence-corrected chi connectivity index (χ2v) is 10.7. The number of hydrogen-bond acceptors (Lipinski definition) is 6. The van der Waals surface area contributed by atoms with Crippen LogP contribution in [0.5, 0.6) is 0 Å². The van der Waals surface area contributed by atoms with Crippen LogP contribution in [0.4, 0.5) is 9.52 Å². The molecule has 0 N–H and O–H groups in total. The number of aryl methyl sites for hydroxylation is 1. The maximum Gasteiger partial charge on any atom is 0.223 e. The summed E-state index contributed by atoms with van der Waals surface area (Å²) >= 11 is 1.66. The van der Waals surface area contributed by atoms with Crippen molar-refractivity contribution in [2.45, 2.75) is 24.7 Å². The molecule has 0 radical (unpaired) electrons. The number of carbonyl (C=O) groups is 1. The molecule has 9 heteroatoms. The Morgan fingerprint density at radius 2 is 1.81 bits per heavy atom. The number of anilines is 1. The standard InChI is InChI=1S/C22H24FN3O3S2/c1-2-16-3-8-19-20(15-16)30-22(24-19)26-12-10-25(11-13-26)21(27)9-14-31(28,29)18-6-4-17(23)5-7-18/h3-8,15H,2,9-14H2,1H3. The highest BCUT2D eigenvalue weighted by atomic mass is 32.2. The summed E-state index contributed by atoms with van der Waals surface area (Å²) in [5, 5.41) is 0.953. The molecular weight excluding hydrogens is 437 g/mol. The highest BCUT2D eigenvalue weighted by Gasteiger charge is 2.25. The zero-order valence-corrected chi connectivity index (χ0v) is 18.9. The molecule has 1 aliphatic rings. The lowest BCUT2D eigenvalue weighted by Gasteiger charge is -2.34. The fourth-order valence-electron chi connectivity index (χ4n) is 3.60. The first kappa shape index (κ1) is 21.7. The van der Waals surface area contributed by atoms with Gasteiger partial charge in [0, 0.05) is 32.6 Å². The Hall–Kier alpha value is -2.52. The monoisotopic (exact) mass is 461 g/mol. The zero-order valence-electron chi connectivity index (χ0n) is 17.3. The molecule has 0 atom stereocenters. The average Bonchev–Trinajstić information content (AvgIpc) is 3.21. The molecule has 1 aromatic heterocycles. The number of fused-ring (bicyclic) bond motifs is 1. The van der Waals surface area contributed by atoms with Crippen molar-refractivity contribution in [3.8, 4) is 0 Å². The molecule has 3 aromatic rings. The second-order valence-electron chi connectivity index (χ2n) is 7.54. The maximum absolute atomic E-state index is 13.0. The Morgan fingerprint density at radius 1 is 1.10 bits per heavy atom. The van der Waals surface area contributed by atoms with Crippen molar-refractivity contribution in [2.24, 2.45) is 0 Å². The molecule has 2 aromatic carbocycles. The number of rotatable bonds is 6. The maximum atomic E-state index is 13.0. The van der Waals surface area contributed by atoms with Crippen LogP contribution in [0.15, 0.2) is 47.4 Å². The molecule has 0 bridgehead atoms. The van der Waals surface area contributed by atoms with Crippen LogP contribution in [0.1, 0.15) is 18.9 Å². The number of aromatic nitrogens is 1. The summed E-state index contributed by atoms with van der Waals surface area (Å²) < 4.78 is 39.0. The molecule has 0 aliphatic carbocycles. The summed E-state index contributed by atoms with van der Waals surface area (Å²) in [7, 11) is -3.62. The van der Waals surface area contributed by atoms with Crippen LogP contribution >= 0.6 is 11.3 Å². The van der Waals surface area contributed by atoms with Crippen molar-refractivity contribution in [3.63, 3.8) is 0 Å². The average molecular weight is 462 g/mol. The van der Waals surface area contributed by atoms with Crippen molar-refractivity contribution in [1.82, 2.24) is 9.88 Å². The Kier molecular flexibility index (Phi) is 6.24. The van der Waals surface area contributed by atoms with Gasteiger partial charge < -0.3 is 9.80 Å². The first-order valence-corrected chi connectivity index (χ1v) is 12.7. The van der Waals surface area contributed by atoms with E-state index in [0.29, 0.717) is 26.2 Å². The topological polar surface area (TPSA) is 70.6 Å². The Morgan fingerprint density at radius 3 is 2.48 bits per heavy atom. The molecule has 164 valence electrons. The molecule has 0 unspecified atom stereocenters. The summed E-state index contributed by atoms with van der Waals surface area (Å²) in [6.45, 7) is 4.52. The van der Waals surface area contributed by atoms with Gasteiger partial charge in [0.25, 0.3) is 0 Å². The lowest BCUT2D eigenvalue weighted by molar-refractivity contribution is -0.131. The lowest BCUT2D eigenvalue weighted by Crippen LogP contribution is -2.49.